The predicted octanol–water partition coefficient (Wildman–Crippen LogP) is 11.2. The minimum Gasteiger partial charge on any atom is -0.360 e. The largest absolute Gasteiger partial charge is 0.360 e. The van der Waals surface area contributed by atoms with Crippen molar-refractivity contribution in [3.05, 3.63) is 12.8 Å². The maximum Gasteiger partial charge on any atom is 0 e. The SMILES string of the molecule is CCC(C)CC(C)CC(C)C.CCCCC(C)CC(C)CC(C)CC.C[CH-]C[CH-]C.[Y].[Y].[Y]. The van der Waals surface area contributed by atoms with E-state index in [4.69, 9.17) is 0 Å². The summed E-state index contributed by atoms with van der Waals surface area (Å²) in [4.78, 5) is 0. The van der Waals surface area contributed by atoms with Gasteiger partial charge in [-0.25, -0.2) is 0 Å². The van der Waals surface area contributed by atoms with Crippen molar-refractivity contribution in [3.8, 4) is 0 Å². The van der Waals surface area contributed by atoms with Crippen molar-refractivity contribution in [2.24, 2.45) is 35.5 Å². The fourth-order valence-electron chi connectivity index (χ4n) is 4.30. The average molecular weight is 692 g/mol. The first-order valence-electron chi connectivity index (χ1n) is 13.6. The molecular formula is C30H64Y3-2. The Labute approximate surface area is 289 Å². The molecule has 0 aliphatic heterocycles. The van der Waals surface area contributed by atoms with Crippen LogP contribution in [0.15, 0.2) is 0 Å². The zero-order valence-corrected chi connectivity index (χ0v) is 33.9. The van der Waals surface area contributed by atoms with Crippen LogP contribution < -0.4 is 0 Å². The summed E-state index contributed by atoms with van der Waals surface area (Å²) in [7, 11) is 0. The molecule has 0 saturated heterocycles. The molecule has 0 aliphatic carbocycles. The Hall–Kier alpha value is 3.31. The summed E-state index contributed by atoms with van der Waals surface area (Å²) in [5.74, 6) is 5.50. The van der Waals surface area contributed by atoms with Gasteiger partial charge >= 0.3 is 0 Å². The summed E-state index contributed by atoms with van der Waals surface area (Å²) >= 11 is 0. The van der Waals surface area contributed by atoms with Crippen LogP contribution in [0.4, 0.5) is 0 Å². The van der Waals surface area contributed by atoms with Crippen LogP contribution in [0, 0.1) is 48.3 Å². The second-order valence-electron chi connectivity index (χ2n) is 10.9. The third kappa shape index (κ3) is 45.6. The number of rotatable bonds is 15. The molecular weight excluding hydrogens is 627 g/mol. The van der Waals surface area contributed by atoms with E-state index in [1.54, 1.807) is 0 Å². The van der Waals surface area contributed by atoms with E-state index in [1.165, 1.54) is 57.8 Å². The van der Waals surface area contributed by atoms with E-state index < -0.39 is 0 Å². The van der Waals surface area contributed by atoms with Crippen molar-refractivity contribution in [2.75, 3.05) is 0 Å². The zero-order chi connectivity index (χ0) is 23.9. The van der Waals surface area contributed by atoms with Gasteiger partial charge in [-0.2, -0.15) is 13.8 Å². The fraction of sp³-hybridized carbons (Fsp3) is 0.933. The molecule has 0 spiro atoms. The molecule has 0 heterocycles. The van der Waals surface area contributed by atoms with Crippen LogP contribution in [0.1, 0.15) is 147 Å². The van der Waals surface area contributed by atoms with Gasteiger partial charge in [-0.3, -0.25) is 0 Å². The third-order valence-electron chi connectivity index (χ3n) is 6.20. The summed E-state index contributed by atoms with van der Waals surface area (Å²) in [5.41, 5.74) is 0. The van der Waals surface area contributed by atoms with E-state index >= 15 is 0 Å². The molecule has 33 heavy (non-hydrogen) atoms. The molecule has 0 amide bonds. The van der Waals surface area contributed by atoms with Crippen molar-refractivity contribution in [1.29, 1.82) is 0 Å². The summed E-state index contributed by atoms with van der Waals surface area (Å²) in [6.07, 6.45) is 17.9. The smallest absolute Gasteiger partial charge is 0 e. The van der Waals surface area contributed by atoms with Crippen LogP contribution in [-0.2, 0) is 98.1 Å². The molecule has 5 atom stereocenters. The third-order valence-corrected chi connectivity index (χ3v) is 6.20. The van der Waals surface area contributed by atoms with E-state index in [0.29, 0.717) is 0 Å². The van der Waals surface area contributed by atoms with Crippen molar-refractivity contribution in [1.82, 2.24) is 0 Å². The molecule has 195 valence electrons. The predicted molar refractivity (Wildman–Crippen MR) is 144 cm³/mol. The van der Waals surface area contributed by atoms with Gasteiger partial charge in [-0.1, -0.05) is 101 Å². The number of hydrogen-bond acceptors (Lipinski definition) is 0. The summed E-state index contributed by atoms with van der Waals surface area (Å²) in [5, 5.41) is 0. The van der Waals surface area contributed by atoms with Gasteiger partial charge in [0.15, 0.2) is 0 Å². The van der Waals surface area contributed by atoms with Crippen molar-refractivity contribution in [3.63, 3.8) is 0 Å². The fourth-order valence-corrected chi connectivity index (χ4v) is 4.30. The van der Waals surface area contributed by atoms with Crippen LogP contribution in [-0.4, -0.2) is 0 Å². The molecule has 5 unspecified atom stereocenters. The molecule has 0 nitrogen and oxygen atoms in total. The maximum atomic E-state index is 2.43. The molecule has 3 heteroatoms. The Balaban J connectivity index is -0.0000000865. The minimum atomic E-state index is 0. The zero-order valence-electron chi connectivity index (χ0n) is 25.4. The Morgan fingerprint density at radius 1 is 0.515 bits per heavy atom. The second-order valence-corrected chi connectivity index (χ2v) is 10.9. The monoisotopic (exact) mass is 691 g/mol. The van der Waals surface area contributed by atoms with E-state index in [9.17, 15) is 0 Å². The van der Waals surface area contributed by atoms with Crippen LogP contribution in [0.5, 0.6) is 0 Å². The summed E-state index contributed by atoms with van der Waals surface area (Å²) in [6.45, 7) is 27.6. The van der Waals surface area contributed by atoms with Gasteiger partial charge in [0.2, 0.25) is 0 Å². The standard InChI is InChI=1S/C14H30.C11H24.C5H10.3Y/c1-6-8-9-13(4)11-14(5)10-12(3)7-2;1-6-10(4)8-11(5)7-9(2)3;1-3-5-4-2;;;/h12-14H,6-11H2,1-5H3;9-11H,6-8H2,1-5H3;3-4H,5H2,1-2H3;;;/q;;-2;;;. The second kappa shape index (κ2) is 37.5. The van der Waals surface area contributed by atoms with Crippen LogP contribution in [0.25, 0.3) is 0 Å². The molecule has 0 aromatic rings. The molecule has 0 fully saturated rings. The molecule has 0 aromatic carbocycles. The van der Waals surface area contributed by atoms with Crippen LogP contribution in [0.2, 0.25) is 0 Å². The van der Waals surface area contributed by atoms with Crippen LogP contribution in [0.3, 0.4) is 0 Å². The first-order valence-corrected chi connectivity index (χ1v) is 13.6. The van der Waals surface area contributed by atoms with Gasteiger partial charge in [0.25, 0.3) is 0 Å². The Bertz CT molecular complexity index is 305. The summed E-state index contributed by atoms with van der Waals surface area (Å²) in [6, 6.07) is 0. The Morgan fingerprint density at radius 2 is 0.879 bits per heavy atom. The normalized spacial score (nSPS) is 14.5. The number of unbranched alkanes of at least 4 members (excludes halogenated alkanes) is 3. The molecule has 0 N–H and O–H groups in total. The van der Waals surface area contributed by atoms with Crippen molar-refractivity contribution >= 4 is 0 Å². The molecule has 0 aromatic heterocycles. The van der Waals surface area contributed by atoms with Gasteiger partial charge in [0.1, 0.15) is 0 Å². The first-order chi connectivity index (χ1) is 14.1. The minimum absolute atomic E-state index is 0. The first kappa shape index (κ1) is 49.3. The molecule has 0 aliphatic rings. The van der Waals surface area contributed by atoms with Crippen molar-refractivity contribution in [2.45, 2.75) is 147 Å². The number of hydrogen-bond donors (Lipinski definition) is 0. The molecule has 0 rings (SSSR count). The quantitative estimate of drug-likeness (QED) is 0.150. The van der Waals surface area contributed by atoms with Gasteiger partial charge < -0.3 is 19.3 Å². The van der Waals surface area contributed by atoms with E-state index in [-0.39, 0.29) is 98.1 Å². The van der Waals surface area contributed by atoms with E-state index in [2.05, 4.69) is 95.9 Å². The Morgan fingerprint density at radius 3 is 1.15 bits per heavy atom. The maximum absolute atomic E-state index is 2.43. The van der Waals surface area contributed by atoms with Crippen LogP contribution >= 0.6 is 0 Å². The molecule has 3 radical (unpaired) electrons. The molecule has 0 saturated carbocycles. The van der Waals surface area contributed by atoms with Gasteiger partial charge in [0.05, 0.1) is 0 Å². The van der Waals surface area contributed by atoms with Gasteiger partial charge in [0, 0.05) is 98.1 Å². The van der Waals surface area contributed by atoms with E-state index in [0.717, 1.165) is 41.9 Å². The average Bonchev–Trinajstić information content (AvgIpc) is 2.66. The Kier molecular flexibility index (Phi) is 55.9. The van der Waals surface area contributed by atoms with E-state index in [1.807, 2.05) is 0 Å². The molecule has 0 bridgehead atoms. The van der Waals surface area contributed by atoms with Gasteiger partial charge in [-0.15, -0.1) is 0 Å². The summed E-state index contributed by atoms with van der Waals surface area (Å²) < 4.78 is 0. The van der Waals surface area contributed by atoms with Crippen molar-refractivity contribution < 1.29 is 98.1 Å². The van der Waals surface area contributed by atoms with Gasteiger partial charge in [-0.05, 0) is 61.2 Å². The topological polar surface area (TPSA) is 0 Å².